The van der Waals surface area contributed by atoms with Gasteiger partial charge >= 0.3 is 0 Å². The van der Waals surface area contributed by atoms with E-state index >= 15 is 0 Å². The first-order valence-electron chi connectivity index (χ1n) is 5.57. The van der Waals surface area contributed by atoms with Crippen molar-refractivity contribution in [3.63, 3.8) is 0 Å². The van der Waals surface area contributed by atoms with E-state index in [4.69, 9.17) is 0 Å². The molecule has 1 saturated carbocycles. The molecule has 1 heteroatoms. The lowest BCUT2D eigenvalue weighted by molar-refractivity contribution is 0.333. The Kier molecular flexibility index (Phi) is 2.76. The van der Waals surface area contributed by atoms with E-state index in [1.807, 2.05) is 0 Å². The van der Waals surface area contributed by atoms with Crippen LogP contribution < -0.4 is 5.32 Å². The van der Waals surface area contributed by atoms with Crippen LogP contribution in [-0.2, 0) is 0 Å². The number of aryl methyl sites for hydroxylation is 2. The smallest absolute Gasteiger partial charge is 0.0372 e. The van der Waals surface area contributed by atoms with E-state index in [-0.39, 0.29) is 0 Å². The van der Waals surface area contributed by atoms with Gasteiger partial charge < -0.3 is 5.32 Å². The van der Waals surface area contributed by atoms with Gasteiger partial charge in [-0.2, -0.15) is 0 Å². The molecule has 1 aliphatic rings. The molecule has 1 fully saturated rings. The van der Waals surface area contributed by atoms with Crippen molar-refractivity contribution in [3.8, 4) is 0 Å². The minimum Gasteiger partial charge on any atom is -0.385 e. The van der Waals surface area contributed by atoms with Gasteiger partial charge in [0.15, 0.2) is 0 Å². The number of hydrogen-bond acceptors (Lipinski definition) is 1. The predicted octanol–water partition coefficient (Wildman–Crippen LogP) is 3.52. The van der Waals surface area contributed by atoms with Gasteiger partial charge in [-0.25, -0.2) is 0 Å². The molecule has 76 valence electrons. The van der Waals surface area contributed by atoms with Crippen LogP contribution in [-0.4, -0.2) is 6.54 Å². The van der Waals surface area contributed by atoms with Crippen molar-refractivity contribution in [1.82, 2.24) is 0 Å². The molecule has 14 heavy (non-hydrogen) atoms. The third kappa shape index (κ3) is 2.09. The van der Waals surface area contributed by atoms with E-state index < -0.39 is 0 Å². The summed E-state index contributed by atoms with van der Waals surface area (Å²) in [6.07, 6.45) is 4.26. The maximum Gasteiger partial charge on any atom is 0.0372 e. The fourth-order valence-corrected chi connectivity index (χ4v) is 1.88. The average molecular weight is 189 g/mol. The molecule has 0 amide bonds. The van der Waals surface area contributed by atoms with Crippen LogP contribution >= 0.6 is 0 Å². The van der Waals surface area contributed by atoms with Crippen LogP contribution in [0.1, 0.15) is 30.4 Å². The van der Waals surface area contributed by atoms with Crippen LogP contribution in [0.4, 0.5) is 5.69 Å². The predicted molar refractivity (Wildman–Crippen MR) is 61.7 cm³/mol. The van der Waals surface area contributed by atoms with Crippen molar-refractivity contribution in [3.05, 3.63) is 29.3 Å². The van der Waals surface area contributed by atoms with Gasteiger partial charge in [0.05, 0.1) is 0 Å². The Bertz CT molecular complexity index is 313. The minimum absolute atomic E-state index is 0.926. The second-order valence-electron chi connectivity index (χ2n) is 4.50. The van der Waals surface area contributed by atoms with Gasteiger partial charge in [0, 0.05) is 12.2 Å². The van der Waals surface area contributed by atoms with Gasteiger partial charge in [0.25, 0.3) is 0 Å². The highest BCUT2D eigenvalue weighted by Gasteiger charge is 2.16. The van der Waals surface area contributed by atoms with Crippen molar-refractivity contribution in [2.75, 3.05) is 11.9 Å². The number of hydrogen-bond donors (Lipinski definition) is 1. The van der Waals surface area contributed by atoms with Gasteiger partial charge in [-0.3, -0.25) is 0 Å². The molecule has 0 aromatic heterocycles. The van der Waals surface area contributed by atoms with Crippen molar-refractivity contribution >= 4 is 5.69 Å². The summed E-state index contributed by atoms with van der Waals surface area (Å²) in [6.45, 7) is 5.47. The lowest BCUT2D eigenvalue weighted by Crippen LogP contribution is -2.21. The Morgan fingerprint density at radius 3 is 2.71 bits per heavy atom. The normalized spacial score (nSPS) is 16.4. The van der Waals surface area contributed by atoms with Crippen molar-refractivity contribution in [1.29, 1.82) is 0 Å². The van der Waals surface area contributed by atoms with E-state index in [9.17, 15) is 0 Å². The molecule has 1 aromatic carbocycles. The van der Waals surface area contributed by atoms with E-state index in [1.54, 1.807) is 0 Å². The molecule has 0 unspecified atom stereocenters. The van der Waals surface area contributed by atoms with E-state index in [0.29, 0.717) is 0 Å². The molecule has 1 aliphatic carbocycles. The van der Waals surface area contributed by atoms with E-state index in [2.05, 4.69) is 37.4 Å². The molecule has 1 nitrogen and oxygen atoms in total. The maximum absolute atomic E-state index is 3.56. The Balaban J connectivity index is 1.96. The largest absolute Gasteiger partial charge is 0.385 e. The van der Waals surface area contributed by atoms with Gasteiger partial charge in [-0.15, -0.1) is 0 Å². The summed E-state index contributed by atoms with van der Waals surface area (Å²) in [5, 5.41) is 3.56. The summed E-state index contributed by atoms with van der Waals surface area (Å²) in [6, 6.07) is 6.61. The first kappa shape index (κ1) is 9.57. The van der Waals surface area contributed by atoms with E-state index in [0.717, 1.165) is 12.5 Å². The molecule has 0 aliphatic heterocycles. The highest BCUT2D eigenvalue weighted by atomic mass is 14.9. The zero-order valence-electron chi connectivity index (χ0n) is 9.14. The Morgan fingerprint density at radius 1 is 1.29 bits per heavy atom. The zero-order chi connectivity index (χ0) is 9.97. The summed E-state index contributed by atoms with van der Waals surface area (Å²) < 4.78 is 0. The lowest BCUT2D eigenvalue weighted by Gasteiger charge is -2.26. The van der Waals surface area contributed by atoms with Crippen LogP contribution in [0.2, 0.25) is 0 Å². The minimum atomic E-state index is 0.926. The fourth-order valence-electron chi connectivity index (χ4n) is 1.88. The third-order valence-corrected chi connectivity index (χ3v) is 3.20. The molecular formula is C13H19N. The lowest BCUT2D eigenvalue weighted by atomic mass is 9.85. The van der Waals surface area contributed by atoms with Gasteiger partial charge in [-0.1, -0.05) is 18.6 Å². The zero-order valence-corrected chi connectivity index (χ0v) is 9.14. The number of anilines is 1. The highest BCUT2D eigenvalue weighted by molar-refractivity contribution is 5.52. The van der Waals surface area contributed by atoms with Gasteiger partial charge in [0.2, 0.25) is 0 Å². The standard InChI is InChI=1S/C13H19N/c1-10-6-7-11(2)13(8-10)14-9-12-4-3-5-12/h6-8,12,14H,3-5,9H2,1-2H3. The summed E-state index contributed by atoms with van der Waals surface area (Å²) in [4.78, 5) is 0. The molecule has 0 heterocycles. The molecule has 0 bridgehead atoms. The SMILES string of the molecule is Cc1ccc(C)c(NCC2CCC2)c1. The Labute approximate surface area is 86.5 Å². The maximum atomic E-state index is 3.56. The van der Waals surface area contributed by atoms with Gasteiger partial charge in [0.1, 0.15) is 0 Å². The van der Waals surface area contributed by atoms with Crippen LogP contribution in [0.15, 0.2) is 18.2 Å². The third-order valence-electron chi connectivity index (χ3n) is 3.20. The molecule has 0 saturated heterocycles. The van der Waals surface area contributed by atoms with Crippen molar-refractivity contribution in [2.24, 2.45) is 5.92 Å². The van der Waals surface area contributed by atoms with Crippen LogP contribution in [0, 0.1) is 19.8 Å². The van der Waals surface area contributed by atoms with Crippen LogP contribution in [0.5, 0.6) is 0 Å². The first-order chi connectivity index (χ1) is 6.75. The highest BCUT2D eigenvalue weighted by Crippen LogP contribution is 2.27. The second kappa shape index (κ2) is 4.04. The summed E-state index contributed by atoms with van der Waals surface area (Å²) >= 11 is 0. The summed E-state index contributed by atoms with van der Waals surface area (Å²) in [5.74, 6) is 0.926. The Hall–Kier alpha value is -0.980. The van der Waals surface area contributed by atoms with Crippen molar-refractivity contribution < 1.29 is 0 Å². The molecule has 1 N–H and O–H groups in total. The fraction of sp³-hybridized carbons (Fsp3) is 0.538. The number of benzene rings is 1. The topological polar surface area (TPSA) is 12.0 Å². The first-order valence-corrected chi connectivity index (χ1v) is 5.57. The van der Waals surface area contributed by atoms with Gasteiger partial charge in [-0.05, 0) is 49.8 Å². The van der Waals surface area contributed by atoms with Crippen molar-refractivity contribution in [2.45, 2.75) is 33.1 Å². The average Bonchev–Trinajstić information content (AvgIpc) is 2.08. The summed E-state index contributed by atoms with van der Waals surface area (Å²) in [7, 11) is 0. The molecular weight excluding hydrogens is 170 g/mol. The number of rotatable bonds is 3. The second-order valence-corrected chi connectivity index (χ2v) is 4.50. The van der Waals surface area contributed by atoms with Crippen LogP contribution in [0.25, 0.3) is 0 Å². The molecule has 0 atom stereocenters. The molecule has 2 rings (SSSR count). The monoisotopic (exact) mass is 189 g/mol. The Morgan fingerprint density at radius 2 is 2.07 bits per heavy atom. The van der Waals surface area contributed by atoms with Crippen LogP contribution in [0.3, 0.4) is 0 Å². The molecule has 0 spiro atoms. The van der Waals surface area contributed by atoms with E-state index in [1.165, 1.54) is 36.1 Å². The summed E-state index contributed by atoms with van der Waals surface area (Å²) in [5.41, 5.74) is 4.01. The quantitative estimate of drug-likeness (QED) is 0.767. The molecule has 1 aromatic rings. The molecule has 0 radical (unpaired) electrons. The number of nitrogens with one attached hydrogen (secondary N) is 1.